The van der Waals surface area contributed by atoms with Gasteiger partial charge in [0.15, 0.2) is 11.5 Å². The molecule has 2 heterocycles. The molecule has 0 N–H and O–H groups in total. The first-order chi connectivity index (χ1) is 15.2. The van der Waals surface area contributed by atoms with Crippen LogP contribution in [0.15, 0.2) is 36.4 Å². The van der Waals surface area contributed by atoms with Crippen molar-refractivity contribution in [3.8, 4) is 11.5 Å². The highest BCUT2D eigenvalue weighted by Gasteiger charge is 2.27. The molecule has 4 rings (SSSR count). The largest absolute Gasteiger partial charge is 0.454 e. The van der Waals surface area contributed by atoms with E-state index in [1.54, 1.807) is 17.0 Å². The van der Waals surface area contributed by atoms with Gasteiger partial charge in [0.05, 0.1) is 11.9 Å². The molecule has 0 unspecified atom stereocenters. The van der Waals surface area contributed by atoms with Crippen molar-refractivity contribution in [3.63, 3.8) is 0 Å². The smallest absolute Gasteiger partial charge is 0.243 e. The van der Waals surface area contributed by atoms with Crippen molar-refractivity contribution in [2.45, 2.75) is 20.4 Å². The van der Waals surface area contributed by atoms with Gasteiger partial charge in [0.25, 0.3) is 0 Å². The number of sulfonamides is 1. The standard InChI is InChI=1S/C23H29N3O5S/c1-17-10-18(2)12-20(11-17)26(32(3,28)29)15-23(27)25-8-6-24(7-9-25)14-19-4-5-21-22(13-19)31-16-30-21/h4-5,10-13H,6-9,14-16H2,1-3H3. The van der Waals surface area contributed by atoms with Crippen LogP contribution in [0.4, 0.5) is 5.69 Å². The number of carbonyl (C=O) groups is 1. The van der Waals surface area contributed by atoms with Gasteiger partial charge in [0.2, 0.25) is 22.7 Å². The van der Waals surface area contributed by atoms with Gasteiger partial charge in [0, 0.05) is 32.7 Å². The van der Waals surface area contributed by atoms with Crippen LogP contribution in [0.5, 0.6) is 11.5 Å². The van der Waals surface area contributed by atoms with Crippen LogP contribution in [0.3, 0.4) is 0 Å². The summed E-state index contributed by atoms with van der Waals surface area (Å²) in [6.07, 6.45) is 1.14. The summed E-state index contributed by atoms with van der Waals surface area (Å²) in [5, 5.41) is 0. The van der Waals surface area contributed by atoms with Gasteiger partial charge in [-0.2, -0.15) is 0 Å². The number of fused-ring (bicyclic) bond motifs is 1. The Labute approximate surface area is 189 Å². The van der Waals surface area contributed by atoms with E-state index in [4.69, 9.17) is 9.47 Å². The molecule has 8 nitrogen and oxygen atoms in total. The minimum Gasteiger partial charge on any atom is -0.454 e. The highest BCUT2D eigenvalue weighted by molar-refractivity contribution is 7.92. The Morgan fingerprint density at radius 1 is 0.969 bits per heavy atom. The molecule has 2 aromatic rings. The summed E-state index contributed by atoms with van der Waals surface area (Å²) in [6, 6.07) is 11.5. The molecule has 1 saturated heterocycles. The van der Waals surface area contributed by atoms with E-state index in [-0.39, 0.29) is 19.2 Å². The molecule has 0 saturated carbocycles. The molecule has 0 spiro atoms. The first-order valence-corrected chi connectivity index (χ1v) is 12.5. The number of piperazine rings is 1. The van der Waals surface area contributed by atoms with Crippen molar-refractivity contribution in [1.29, 1.82) is 0 Å². The van der Waals surface area contributed by atoms with E-state index in [1.165, 1.54) is 4.31 Å². The third-order valence-corrected chi connectivity index (χ3v) is 6.88. The Balaban J connectivity index is 1.36. The summed E-state index contributed by atoms with van der Waals surface area (Å²) < 4.78 is 36.9. The number of benzene rings is 2. The van der Waals surface area contributed by atoms with Gasteiger partial charge in [-0.1, -0.05) is 12.1 Å². The number of nitrogens with zero attached hydrogens (tertiary/aromatic N) is 3. The molecular formula is C23H29N3O5S. The van der Waals surface area contributed by atoms with E-state index in [9.17, 15) is 13.2 Å². The fraction of sp³-hybridized carbons (Fsp3) is 0.435. The molecular weight excluding hydrogens is 430 g/mol. The number of hydrogen-bond donors (Lipinski definition) is 0. The Kier molecular flexibility index (Phi) is 6.30. The van der Waals surface area contributed by atoms with Crippen molar-refractivity contribution in [3.05, 3.63) is 53.1 Å². The Morgan fingerprint density at radius 3 is 2.28 bits per heavy atom. The molecule has 0 atom stereocenters. The molecule has 0 aromatic heterocycles. The van der Waals surface area contributed by atoms with Crippen LogP contribution in [-0.4, -0.2) is 69.9 Å². The second kappa shape index (κ2) is 8.99. The van der Waals surface area contributed by atoms with Crippen LogP contribution in [0.25, 0.3) is 0 Å². The molecule has 1 fully saturated rings. The zero-order valence-corrected chi connectivity index (χ0v) is 19.5. The summed E-state index contributed by atoms with van der Waals surface area (Å²) in [4.78, 5) is 17.0. The van der Waals surface area contributed by atoms with Gasteiger partial charge >= 0.3 is 0 Å². The highest BCUT2D eigenvalue weighted by Crippen LogP contribution is 2.33. The maximum atomic E-state index is 13.0. The van der Waals surface area contributed by atoms with Crippen LogP contribution in [0.1, 0.15) is 16.7 Å². The monoisotopic (exact) mass is 459 g/mol. The lowest BCUT2D eigenvalue weighted by Crippen LogP contribution is -2.51. The Hall–Kier alpha value is -2.78. The van der Waals surface area contributed by atoms with E-state index < -0.39 is 10.0 Å². The fourth-order valence-electron chi connectivity index (χ4n) is 4.17. The second-order valence-corrected chi connectivity index (χ2v) is 10.4. The number of ether oxygens (including phenoxy) is 2. The molecule has 2 aromatic carbocycles. The van der Waals surface area contributed by atoms with Crippen LogP contribution in [0, 0.1) is 13.8 Å². The molecule has 2 aliphatic rings. The molecule has 172 valence electrons. The lowest BCUT2D eigenvalue weighted by atomic mass is 10.1. The third kappa shape index (κ3) is 5.16. The summed E-state index contributed by atoms with van der Waals surface area (Å²) in [5.74, 6) is 1.35. The summed E-state index contributed by atoms with van der Waals surface area (Å²) in [6.45, 7) is 7.23. The predicted octanol–water partition coefficient (Wildman–Crippen LogP) is 2.14. The second-order valence-electron chi connectivity index (χ2n) is 8.46. The van der Waals surface area contributed by atoms with Crippen molar-refractivity contribution >= 4 is 21.6 Å². The Morgan fingerprint density at radius 2 is 1.62 bits per heavy atom. The molecule has 9 heteroatoms. The van der Waals surface area contributed by atoms with Gasteiger partial charge in [0.1, 0.15) is 6.54 Å². The van der Waals surface area contributed by atoms with E-state index in [1.807, 2.05) is 38.1 Å². The van der Waals surface area contributed by atoms with Crippen LogP contribution >= 0.6 is 0 Å². The number of amides is 1. The minimum absolute atomic E-state index is 0.183. The summed E-state index contributed by atoms with van der Waals surface area (Å²) >= 11 is 0. The molecule has 0 aliphatic carbocycles. The maximum Gasteiger partial charge on any atom is 0.243 e. The SMILES string of the molecule is Cc1cc(C)cc(N(CC(=O)N2CCN(Cc3ccc4c(c3)OCO4)CC2)S(C)(=O)=O)c1. The normalized spacial score (nSPS) is 16.3. The topological polar surface area (TPSA) is 79.4 Å². The van der Waals surface area contributed by atoms with Crippen LogP contribution < -0.4 is 13.8 Å². The number of aryl methyl sites for hydroxylation is 2. The quantitative estimate of drug-likeness (QED) is 0.659. The van der Waals surface area contributed by atoms with E-state index in [0.29, 0.717) is 18.8 Å². The fourth-order valence-corrected chi connectivity index (χ4v) is 5.00. The first kappa shape index (κ1) is 22.4. The number of carbonyl (C=O) groups excluding carboxylic acids is 1. The average Bonchev–Trinajstić information content (AvgIpc) is 3.18. The zero-order valence-electron chi connectivity index (χ0n) is 18.7. The highest BCUT2D eigenvalue weighted by atomic mass is 32.2. The third-order valence-electron chi connectivity index (χ3n) is 5.74. The van der Waals surface area contributed by atoms with Gasteiger partial charge < -0.3 is 14.4 Å². The Bertz CT molecular complexity index is 1090. The summed E-state index contributed by atoms with van der Waals surface area (Å²) in [7, 11) is -3.59. The van der Waals surface area contributed by atoms with Gasteiger partial charge in [-0.15, -0.1) is 0 Å². The predicted molar refractivity (Wildman–Crippen MR) is 123 cm³/mol. The lowest BCUT2D eigenvalue weighted by molar-refractivity contribution is -0.131. The van der Waals surface area contributed by atoms with Crippen LogP contribution in [0.2, 0.25) is 0 Å². The van der Waals surface area contributed by atoms with E-state index in [2.05, 4.69) is 4.90 Å². The molecule has 32 heavy (non-hydrogen) atoms. The van der Waals surface area contributed by atoms with Crippen molar-refractivity contribution in [2.75, 3.05) is 50.1 Å². The molecule has 1 amide bonds. The van der Waals surface area contributed by atoms with Gasteiger partial charge in [-0.05, 0) is 54.8 Å². The number of rotatable bonds is 6. The number of anilines is 1. The number of hydrogen-bond acceptors (Lipinski definition) is 6. The average molecular weight is 460 g/mol. The lowest BCUT2D eigenvalue weighted by Gasteiger charge is -2.36. The minimum atomic E-state index is -3.59. The maximum absolute atomic E-state index is 13.0. The van der Waals surface area contributed by atoms with Crippen molar-refractivity contribution in [2.24, 2.45) is 0 Å². The van der Waals surface area contributed by atoms with Gasteiger partial charge in [-0.25, -0.2) is 8.42 Å². The zero-order chi connectivity index (χ0) is 22.9. The molecule has 0 radical (unpaired) electrons. The van der Waals surface area contributed by atoms with Crippen molar-refractivity contribution in [1.82, 2.24) is 9.80 Å². The first-order valence-electron chi connectivity index (χ1n) is 10.6. The van der Waals surface area contributed by atoms with Crippen LogP contribution in [-0.2, 0) is 21.4 Å². The summed E-state index contributed by atoms with van der Waals surface area (Å²) in [5.41, 5.74) is 3.57. The molecule has 0 bridgehead atoms. The molecule has 2 aliphatic heterocycles. The van der Waals surface area contributed by atoms with E-state index >= 15 is 0 Å². The van der Waals surface area contributed by atoms with E-state index in [0.717, 1.165) is 54.1 Å². The van der Waals surface area contributed by atoms with Gasteiger partial charge in [-0.3, -0.25) is 14.0 Å². The van der Waals surface area contributed by atoms with Crippen molar-refractivity contribution < 1.29 is 22.7 Å².